The minimum absolute atomic E-state index is 0.0679. The number of carbonyl (C=O) groups is 1. The van der Waals surface area contributed by atoms with E-state index in [4.69, 9.17) is 21.1 Å². The molecule has 2 aromatic rings. The van der Waals surface area contributed by atoms with Crippen LogP contribution in [0.4, 0.5) is 11.4 Å². The first-order chi connectivity index (χ1) is 14.5. The molecule has 1 heterocycles. The molecule has 1 saturated heterocycles. The number of rotatable bonds is 8. The molecule has 0 saturated carbocycles. The largest absolute Gasteiger partial charge is 0.491 e. The van der Waals surface area contributed by atoms with Crippen LogP contribution >= 0.6 is 11.6 Å². The van der Waals surface area contributed by atoms with E-state index in [-0.39, 0.29) is 34.9 Å². The number of nitro benzene ring substituents is 1. The van der Waals surface area contributed by atoms with Crippen molar-refractivity contribution < 1.29 is 19.2 Å². The summed E-state index contributed by atoms with van der Waals surface area (Å²) in [7, 11) is 0. The molecule has 30 heavy (non-hydrogen) atoms. The lowest BCUT2D eigenvalue weighted by atomic mass is 10.1. The molecule has 1 aliphatic heterocycles. The number of carbonyl (C=O) groups excluding carboxylic acids is 1. The van der Waals surface area contributed by atoms with Crippen molar-refractivity contribution in [2.75, 3.05) is 31.6 Å². The van der Waals surface area contributed by atoms with Crippen molar-refractivity contribution in [2.45, 2.75) is 26.0 Å². The van der Waals surface area contributed by atoms with Crippen LogP contribution in [0.15, 0.2) is 42.5 Å². The number of hydrogen-bond donors (Lipinski definition) is 1. The summed E-state index contributed by atoms with van der Waals surface area (Å²) in [5.74, 6) is -0.0651. The summed E-state index contributed by atoms with van der Waals surface area (Å²) in [6.45, 7) is 4.85. The Labute approximate surface area is 179 Å². The van der Waals surface area contributed by atoms with E-state index in [1.807, 2.05) is 18.2 Å². The molecule has 1 aliphatic rings. The fourth-order valence-electron chi connectivity index (χ4n) is 3.35. The summed E-state index contributed by atoms with van der Waals surface area (Å²) >= 11 is 5.99. The van der Waals surface area contributed by atoms with E-state index in [9.17, 15) is 14.9 Å². The summed E-state index contributed by atoms with van der Waals surface area (Å²) in [6, 6.07) is 12.7. The summed E-state index contributed by atoms with van der Waals surface area (Å²) in [5, 5.41) is 13.8. The maximum Gasteiger partial charge on any atom is 0.291 e. The first-order valence-electron chi connectivity index (χ1n) is 9.74. The van der Waals surface area contributed by atoms with Gasteiger partial charge >= 0.3 is 0 Å². The lowest BCUT2D eigenvalue weighted by Gasteiger charge is -2.32. The molecule has 0 aromatic heterocycles. The second kappa shape index (κ2) is 10.4. The molecule has 1 N–H and O–H groups in total. The van der Waals surface area contributed by atoms with Crippen molar-refractivity contribution >= 4 is 28.9 Å². The summed E-state index contributed by atoms with van der Waals surface area (Å²) in [4.78, 5) is 25.3. The van der Waals surface area contributed by atoms with Gasteiger partial charge in [-0.1, -0.05) is 41.9 Å². The van der Waals surface area contributed by atoms with E-state index >= 15 is 0 Å². The van der Waals surface area contributed by atoms with E-state index in [0.717, 1.165) is 13.1 Å². The Morgan fingerprint density at radius 3 is 2.83 bits per heavy atom. The molecule has 160 valence electrons. The normalized spacial score (nSPS) is 16.8. The third-order valence-electron chi connectivity index (χ3n) is 4.70. The molecule has 2 aromatic carbocycles. The third-order valence-corrected chi connectivity index (χ3v) is 5.01. The van der Waals surface area contributed by atoms with Gasteiger partial charge in [-0.05, 0) is 18.6 Å². The molecule has 0 bridgehead atoms. The Hall–Kier alpha value is -2.68. The van der Waals surface area contributed by atoms with Crippen LogP contribution in [-0.2, 0) is 16.1 Å². The van der Waals surface area contributed by atoms with Crippen molar-refractivity contribution in [1.82, 2.24) is 4.90 Å². The van der Waals surface area contributed by atoms with Crippen LogP contribution in [0.2, 0.25) is 5.02 Å². The van der Waals surface area contributed by atoms with E-state index in [1.54, 1.807) is 6.92 Å². The highest BCUT2D eigenvalue weighted by atomic mass is 35.5. The average Bonchev–Trinajstić information content (AvgIpc) is 2.70. The maximum atomic E-state index is 12.6. The number of hydrogen-bond acceptors (Lipinski definition) is 6. The Morgan fingerprint density at radius 1 is 1.37 bits per heavy atom. The standard InChI is InChI=1S/C21H24ClN3O5/c1-2-29-20-12-19(25(27)28)17(22)11-18(20)23-21(26)10-16-14-24(8-9-30-16)13-15-6-4-3-5-7-15/h3-7,11-12,16H,2,8-10,13-14H2,1H3,(H,23,26). The number of nitro groups is 1. The van der Waals surface area contributed by atoms with Crippen molar-refractivity contribution in [3.8, 4) is 5.75 Å². The number of halogens is 1. The second-order valence-electron chi connectivity index (χ2n) is 6.96. The van der Waals surface area contributed by atoms with Gasteiger partial charge in [-0.2, -0.15) is 0 Å². The van der Waals surface area contributed by atoms with Gasteiger partial charge in [0.05, 0.1) is 42.4 Å². The first-order valence-corrected chi connectivity index (χ1v) is 10.1. The second-order valence-corrected chi connectivity index (χ2v) is 7.36. The van der Waals surface area contributed by atoms with Gasteiger partial charge in [0.15, 0.2) is 0 Å². The van der Waals surface area contributed by atoms with Gasteiger partial charge in [-0.15, -0.1) is 0 Å². The molecule has 1 atom stereocenters. The molecule has 9 heteroatoms. The minimum atomic E-state index is -0.590. The number of benzene rings is 2. The van der Waals surface area contributed by atoms with Crippen molar-refractivity contribution in [1.29, 1.82) is 0 Å². The molecule has 1 amide bonds. The van der Waals surface area contributed by atoms with Crippen LogP contribution in [0, 0.1) is 10.1 Å². The van der Waals surface area contributed by atoms with E-state index in [2.05, 4.69) is 22.3 Å². The van der Waals surface area contributed by atoms with Gasteiger partial charge in [0.25, 0.3) is 5.69 Å². The summed E-state index contributed by atoms with van der Waals surface area (Å²) in [6.07, 6.45) is -0.0858. The lowest BCUT2D eigenvalue weighted by Crippen LogP contribution is -2.43. The highest BCUT2D eigenvalue weighted by molar-refractivity contribution is 6.33. The Bertz CT molecular complexity index is 894. The summed E-state index contributed by atoms with van der Waals surface area (Å²) in [5.41, 5.74) is 1.24. The number of anilines is 1. The highest BCUT2D eigenvalue weighted by Gasteiger charge is 2.24. The fraction of sp³-hybridized carbons (Fsp3) is 0.381. The van der Waals surface area contributed by atoms with Gasteiger partial charge in [0, 0.05) is 19.6 Å². The molecule has 8 nitrogen and oxygen atoms in total. The Morgan fingerprint density at radius 2 is 2.13 bits per heavy atom. The molecular formula is C21H24ClN3O5. The Balaban J connectivity index is 1.62. The minimum Gasteiger partial charge on any atom is -0.491 e. The SMILES string of the molecule is CCOc1cc([N+](=O)[O-])c(Cl)cc1NC(=O)CC1CN(Cc2ccccc2)CCO1. The lowest BCUT2D eigenvalue weighted by molar-refractivity contribution is -0.384. The van der Waals surface area contributed by atoms with Gasteiger partial charge < -0.3 is 14.8 Å². The summed E-state index contributed by atoms with van der Waals surface area (Å²) < 4.78 is 11.2. The van der Waals surface area contributed by atoms with Crippen LogP contribution < -0.4 is 10.1 Å². The van der Waals surface area contributed by atoms with Crippen LogP contribution in [0.3, 0.4) is 0 Å². The molecular weight excluding hydrogens is 410 g/mol. The first kappa shape index (κ1) is 22.0. The van der Waals surface area contributed by atoms with Crippen LogP contribution in [0.5, 0.6) is 5.75 Å². The van der Waals surface area contributed by atoms with E-state index in [0.29, 0.717) is 25.4 Å². The average molecular weight is 434 g/mol. The monoisotopic (exact) mass is 433 g/mol. The zero-order valence-electron chi connectivity index (χ0n) is 16.7. The van der Waals surface area contributed by atoms with Crippen molar-refractivity contribution in [3.05, 3.63) is 63.2 Å². The zero-order chi connectivity index (χ0) is 21.5. The maximum absolute atomic E-state index is 12.6. The fourth-order valence-corrected chi connectivity index (χ4v) is 3.59. The number of ether oxygens (including phenoxy) is 2. The van der Waals surface area contributed by atoms with Crippen LogP contribution in [0.25, 0.3) is 0 Å². The number of amides is 1. The number of morpholine rings is 1. The molecule has 1 unspecified atom stereocenters. The van der Waals surface area contributed by atoms with Gasteiger partial charge in [0.1, 0.15) is 10.8 Å². The van der Waals surface area contributed by atoms with Crippen molar-refractivity contribution in [2.24, 2.45) is 0 Å². The molecule has 0 aliphatic carbocycles. The van der Waals surface area contributed by atoms with E-state index in [1.165, 1.54) is 17.7 Å². The Kier molecular flexibility index (Phi) is 7.62. The molecule has 3 rings (SSSR count). The van der Waals surface area contributed by atoms with Crippen LogP contribution in [0.1, 0.15) is 18.9 Å². The zero-order valence-corrected chi connectivity index (χ0v) is 17.4. The number of nitrogens with one attached hydrogen (secondary N) is 1. The quantitative estimate of drug-likeness (QED) is 0.501. The van der Waals surface area contributed by atoms with Gasteiger partial charge in [0.2, 0.25) is 5.91 Å². The van der Waals surface area contributed by atoms with Crippen molar-refractivity contribution in [3.63, 3.8) is 0 Å². The van der Waals surface area contributed by atoms with Gasteiger partial charge in [-0.25, -0.2) is 0 Å². The topological polar surface area (TPSA) is 93.9 Å². The smallest absolute Gasteiger partial charge is 0.291 e. The predicted molar refractivity (Wildman–Crippen MR) is 114 cm³/mol. The molecule has 1 fully saturated rings. The molecule has 0 radical (unpaired) electrons. The third kappa shape index (κ3) is 5.91. The molecule has 0 spiro atoms. The van der Waals surface area contributed by atoms with Crippen LogP contribution in [-0.4, -0.2) is 48.1 Å². The predicted octanol–water partition coefficient (Wildman–Crippen LogP) is 3.88. The number of nitrogens with zero attached hydrogens (tertiary/aromatic N) is 2. The van der Waals surface area contributed by atoms with E-state index < -0.39 is 4.92 Å². The highest BCUT2D eigenvalue weighted by Crippen LogP contribution is 2.36. The van der Waals surface area contributed by atoms with Gasteiger partial charge in [-0.3, -0.25) is 19.8 Å².